The molecule has 2 amide bonds. The second kappa shape index (κ2) is 15.2. The maximum absolute atomic E-state index is 13.4. The second-order valence-electron chi connectivity index (χ2n) is 12.4. The summed E-state index contributed by atoms with van der Waals surface area (Å²) in [5.74, 6) is 0.360. The fourth-order valence-electron chi connectivity index (χ4n) is 5.30. The maximum Gasteiger partial charge on any atom is 0.410 e. The molecular formula is C36H40N2O10. The van der Waals surface area contributed by atoms with Crippen LogP contribution < -0.4 is 19.5 Å². The van der Waals surface area contributed by atoms with Gasteiger partial charge in [0, 0.05) is 36.9 Å². The summed E-state index contributed by atoms with van der Waals surface area (Å²) in [6.07, 6.45) is -0.373. The normalized spacial score (nSPS) is 17.5. The molecule has 3 aromatic rings. The maximum atomic E-state index is 13.4. The third-order valence-electron chi connectivity index (χ3n) is 7.66. The van der Waals surface area contributed by atoms with Crippen LogP contribution in [-0.2, 0) is 14.2 Å². The van der Waals surface area contributed by atoms with E-state index in [4.69, 9.17) is 28.4 Å². The van der Waals surface area contributed by atoms with Gasteiger partial charge < -0.3 is 38.6 Å². The Morgan fingerprint density at radius 1 is 0.854 bits per heavy atom. The van der Waals surface area contributed by atoms with Gasteiger partial charge in [-0.05, 0) is 88.2 Å². The van der Waals surface area contributed by atoms with E-state index in [1.807, 2.05) is 0 Å². The molecule has 2 aliphatic heterocycles. The Morgan fingerprint density at radius 3 is 2.19 bits per heavy atom. The van der Waals surface area contributed by atoms with E-state index in [1.54, 1.807) is 75.4 Å². The lowest BCUT2D eigenvalue weighted by Gasteiger charge is -2.30. The Morgan fingerprint density at radius 2 is 1.50 bits per heavy atom. The van der Waals surface area contributed by atoms with Crippen molar-refractivity contribution in [2.45, 2.75) is 51.4 Å². The number of carbonyl (C=O) groups is 4. The minimum Gasteiger partial charge on any atom is -0.486 e. The van der Waals surface area contributed by atoms with Crippen LogP contribution in [0.2, 0.25) is 0 Å². The van der Waals surface area contributed by atoms with Gasteiger partial charge >= 0.3 is 12.1 Å². The number of hydrogen-bond donors (Lipinski definition) is 1. The van der Waals surface area contributed by atoms with Crippen LogP contribution in [-0.4, -0.2) is 86.6 Å². The standard InChI is InChI=1S/C36H40N2O10/c1-36(2,3)48-35(42)38-17-5-6-29(28(21-38)37-33(40)24-11-14-27(15-12-24)46-22-43-4)47-34(41)25-9-7-23(8-10-25)32(39)26-13-16-30-31(20-26)45-19-18-44-30/h7-16,20,28-29H,5-6,17-19,21-22H2,1-4H3,(H,37,40)/t28-,29-/m1/s1. The van der Waals surface area contributed by atoms with Crippen LogP contribution in [0.5, 0.6) is 17.2 Å². The predicted molar refractivity (Wildman–Crippen MR) is 174 cm³/mol. The van der Waals surface area contributed by atoms with E-state index in [2.05, 4.69) is 5.32 Å². The summed E-state index contributed by atoms with van der Waals surface area (Å²) < 4.78 is 33.0. The molecule has 1 saturated heterocycles. The summed E-state index contributed by atoms with van der Waals surface area (Å²) in [5.41, 5.74) is 0.693. The number of nitrogens with zero attached hydrogens (tertiary/aromatic N) is 1. The molecule has 0 aliphatic carbocycles. The zero-order chi connectivity index (χ0) is 34.3. The van der Waals surface area contributed by atoms with Gasteiger partial charge in [0.2, 0.25) is 0 Å². The number of hydrogen-bond acceptors (Lipinski definition) is 10. The number of benzene rings is 3. The lowest BCUT2D eigenvalue weighted by Crippen LogP contribution is -2.51. The van der Waals surface area contributed by atoms with E-state index >= 15 is 0 Å². The number of methoxy groups -OCH3 is 1. The minimum atomic E-state index is -0.753. The van der Waals surface area contributed by atoms with Crippen molar-refractivity contribution in [2.75, 3.05) is 40.2 Å². The van der Waals surface area contributed by atoms with Gasteiger partial charge in [-0.15, -0.1) is 0 Å². The van der Waals surface area contributed by atoms with Gasteiger partial charge in [-0.2, -0.15) is 0 Å². The van der Waals surface area contributed by atoms with Crippen molar-refractivity contribution in [2.24, 2.45) is 0 Å². The number of carbonyl (C=O) groups excluding carboxylic acids is 4. The molecule has 0 spiro atoms. The van der Waals surface area contributed by atoms with Crippen molar-refractivity contribution in [3.63, 3.8) is 0 Å². The van der Waals surface area contributed by atoms with Crippen molar-refractivity contribution >= 4 is 23.8 Å². The molecule has 12 nitrogen and oxygen atoms in total. The number of amides is 2. The van der Waals surface area contributed by atoms with Crippen LogP contribution >= 0.6 is 0 Å². The highest BCUT2D eigenvalue weighted by atomic mass is 16.7. The largest absolute Gasteiger partial charge is 0.486 e. The highest BCUT2D eigenvalue weighted by Crippen LogP contribution is 2.31. The zero-order valence-electron chi connectivity index (χ0n) is 27.5. The fraction of sp³-hybridized carbons (Fsp3) is 0.389. The molecule has 12 heteroatoms. The van der Waals surface area contributed by atoms with E-state index in [0.29, 0.717) is 66.5 Å². The Hall–Kier alpha value is -5.10. The molecule has 2 aliphatic rings. The molecule has 2 heterocycles. The number of nitrogens with one attached hydrogen (secondary N) is 1. The number of ether oxygens (including phenoxy) is 6. The first-order chi connectivity index (χ1) is 23.0. The Bertz CT molecular complexity index is 1620. The van der Waals surface area contributed by atoms with Crippen molar-refractivity contribution in [3.8, 4) is 17.2 Å². The first-order valence-corrected chi connectivity index (χ1v) is 15.8. The third-order valence-corrected chi connectivity index (χ3v) is 7.66. The van der Waals surface area contributed by atoms with E-state index in [-0.39, 0.29) is 24.7 Å². The zero-order valence-corrected chi connectivity index (χ0v) is 27.5. The van der Waals surface area contributed by atoms with Crippen molar-refractivity contribution in [1.82, 2.24) is 10.2 Å². The van der Waals surface area contributed by atoms with E-state index in [0.717, 1.165) is 0 Å². The average molecular weight is 661 g/mol. The van der Waals surface area contributed by atoms with Gasteiger partial charge in [-0.3, -0.25) is 9.59 Å². The molecule has 3 aromatic carbocycles. The van der Waals surface area contributed by atoms with Crippen molar-refractivity contribution < 1.29 is 47.6 Å². The summed E-state index contributed by atoms with van der Waals surface area (Å²) in [5, 5.41) is 2.96. The van der Waals surface area contributed by atoms with Crippen LogP contribution in [0.4, 0.5) is 4.79 Å². The first-order valence-electron chi connectivity index (χ1n) is 15.8. The molecule has 0 bridgehead atoms. The summed E-state index contributed by atoms with van der Waals surface area (Å²) in [4.78, 5) is 54.4. The van der Waals surface area contributed by atoms with E-state index in [1.165, 1.54) is 24.1 Å². The molecule has 2 atom stereocenters. The van der Waals surface area contributed by atoms with Crippen molar-refractivity contribution in [3.05, 3.63) is 89.0 Å². The van der Waals surface area contributed by atoms with Crippen LogP contribution in [0.25, 0.3) is 0 Å². The molecule has 0 saturated carbocycles. The second-order valence-corrected chi connectivity index (χ2v) is 12.4. The molecule has 1 fully saturated rings. The Labute approximate surface area is 279 Å². The molecule has 254 valence electrons. The van der Waals surface area contributed by atoms with Gasteiger partial charge in [0.15, 0.2) is 24.1 Å². The van der Waals surface area contributed by atoms with E-state index < -0.39 is 35.7 Å². The van der Waals surface area contributed by atoms with Gasteiger partial charge in [0.25, 0.3) is 5.91 Å². The number of rotatable bonds is 9. The molecule has 1 N–H and O–H groups in total. The first kappa shape index (κ1) is 34.2. The topological polar surface area (TPSA) is 139 Å². The Balaban J connectivity index is 1.29. The average Bonchev–Trinajstić information content (AvgIpc) is 3.28. The molecule has 0 radical (unpaired) electrons. The summed E-state index contributed by atoms with van der Waals surface area (Å²) in [6.45, 7) is 6.69. The quantitative estimate of drug-likeness (QED) is 0.189. The van der Waals surface area contributed by atoms with Gasteiger partial charge in [-0.1, -0.05) is 12.1 Å². The van der Waals surface area contributed by atoms with Gasteiger partial charge in [0.05, 0.1) is 11.6 Å². The van der Waals surface area contributed by atoms with E-state index in [9.17, 15) is 19.2 Å². The SMILES string of the molecule is COCOc1ccc(C(=O)N[C@@H]2CN(C(=O)OC(C)(C)C)CCC[C@H]2OC(=O)c2ccc(C(=O)c3ccc4c(c3)OCCO4)cc2)cc1. The highest BCUT2D eigenvalue weighted by molar-refractivity contribution is 6.09. The lowest BCUT2D eigenvalue weighted by atomic mass is 10.0. The molecule has 5 rings (SSSR count). The van der Waals surface area contributed by atoms with Crippen molar-refractivity contribution in [1.29, 1.82) is 0 Å². The summed E-state index contributed by atoms with van der Waals surface area (Å²) >= 11 is 0. The highest BCUT2D eigenvalue weighted by Gasteiger charge is 2.35. The smallest absolute Gasteiger partial charge is 0.410 e. The number of esters is 1. The summed E-state index contributed by atoms with van der Waals surface area (Å²) in [6, 6.07) is 17.0. The predicted octanol–water partition coefficient (Wildman–Crippen LogP) is 5.03. The van der Waals surface area contributed by atoms with Gasteiger partial charge in [-0.25, -0.2) is 9.59 Å². The van der Waals surface area contributed by atoms with Gasteiger partial charge in [0.1, 0.15) is 30.7 Å². The fourth-order valence-corrected chi connectivity index (χ4v) is 5.30. The van der Waals surface area contributed by atoms with Crippen LogP contribution in [0.15, 0.2) is 66.7 Å². The minimum absolute atomic E-state index is 0.0661. The molecule has 0 unspecified atom stereocenters. The third kappa shape index (κ3) is 8.82. The summed E-state index contributed by atoms with van der Waals surface area (Å²) in [7, 11) is 1.51. The van der Waals surface area contributed by atoms with Crippen LogP contribution in [0, 0.1) is 0 Å². The molecule has 48 heavy (non-hydrogen) atoms. The number of fused-ring (bicyclic) bond motifs is 1. The lowest BCUT2D eigenvalue weighted by molar-refractivity contribution is 0.0127. The number of ketones is 1. The molecular weight excluding hydrogens is 620 g/mol. The number of likely N-dealkylation sites (tertiary alicyclic amines) is 1. The Kier molecular flexibility index (Phi) is 10.8. The monoisotopic (exact) mass is 660 g/mol. The van der Waals surface area contributed by atoms with Crippen LogP contribution in [0.3, 0.4) is 0 Å². The van der Waals surface area contributed by atoms with Crippen LogP contribution in [0.1, 0.15) is 70.3 Å². The molecule has 0 aromatic heterocycles.